The molecule has 3 rings (SSSR count). The van der Waals surface area contributed by atoms with Gasteiger partial charge in [-0.25, -0.2) is 23.0 Å². The average Bonchev–Trinajstić information content (AvgIpc) is 2.74. The summed E-state index contributed by atoms with van der Waals surface area (Å²) >= 11 is 0. The van der Waals surface area contributed by atoms with E-state index < -0.39 is 66.3 Å². The van der Waals surface area contributed by atoms with Crippen molar-refractivity contribution in [3.8, 4) is 0 Å². The molecule has 174 valence electrons. The summed E-state index contributed by atoms with van der Waals surface area (Å²) in [4.78, 5) is 23.3. The summed E-state index contributed by atoms with van der Waals surface area (Å²) in [5.41, 5.74) is 2.37. The summed E-state index contributed by atoms with van der Waals surface area (Å²) in [5.74, 6) is -3.74. The third-order valence-corrected chi connectivity index (χ3v) is 5.11. The average molecular weight is 470 g/mol. The molecule has 1 aromatic heterocycles. The quantitative estimate of drug-likeness (QED) is 0.397. The van der Waals surface area contributed by atoms with Crippen LogP contribution in [-0.2, 0) is 16.7 Å². The molecule has 2 aromatic rings. The van der Waals surface area contributed by atoms with E-state index in [0.717, 1.165) is 6.07 Å². The maximum absolute atomic E-state index is 14.7. The third kappa shape index (κ3) is 4.76. The van der Waals surface area contributed by atoms with E-state index in [-0.39, 0.29) is 16.9 Å². The number of hydrogen-bond acceptors (Lipinski definition) is 5. The van der Waals surface area contributed by atoms with E-state index in [1.807, 2.05) is 0 Å². The van der Waals surface area contributed by atoms with Gasteiger partial charge < -0.3 is 10.5 Å². The number of benzene rings is 1. The molecule has 1 aliphatic heterocycles. The Bertz CT molecular complexity index is 1170. The predicted octanol–water partition coefficient (Wildman–Crippen LogP) is 4.48. The van der Waals surface area contributed by atoms with Crippen LogP contribution in [0.3, 0.4) is 0 Å². The lowest BCUT2D eigenvalue weighted by atomic mass is 9.83. The molecule has 1 aromatic carbocycles. The number of nitrogens with zero attached hydrogens (tertiary/aromatic N) is 3. The Morgan fingerprint density at radius 1 is 1.33 bits per heavy atom. The first-order valence-electron chi connectivity index (χ1n) is 9.40. The minimum Gasteiger partial charge on any atom is -0.452 e. The molecule has 2 N–H and O–H groups in total. The Hall–Kier alpha value is -3.62. The first-order chi connectivity index (χ1) is 15.4. The molecular weight excluding hydrogens is 454 g/mol. The minimum atomic E-state index is -4.97. The van der Waals surface area contributed by atoms with E-state index in [1.165, 1.54) is 19.2 Å². The van der Waals surface area contributed by atoms with Crippen LogP contribution < -0.4 is 5.73 Å². The lowest BCUT2D eigenvalue weighted by Gasteiger charge is -2.36. The number of alkyl halides is 4. The number of nitrogens with two attached hydrogens (primary N) is 1. The number of aliphatic imine (C=N–C) groups is 1. The number of aromatic nitrogens is 1. The first-order valence-corrected chi connectivity index (χ1v) is 9.40. The highest BCUT2D eigenvalue weighted by atomic mass is 19.4. The van der Waals surface area contributed by atoms with Gasteiger partial charge in [0.05, 0.1) is 6.57 Å². The zero-order chi connectivity index (χ0) is 24.6. The van der Waals surface area contributed by atoms with Gasteiger partial charge in [0.1, 0.15) is 17.9 Å². The van der Waals surface area contributed by atoms with Gasteiger partial charge in [-0.1, -0.05) is 0 Å². The molecule has 6 nitrogen and oxygen atoms in total. The van der Waals surface area contributed by atoms with Gasteiger partial charge in [0, 0.05) is 24.6 Å². The van der Waals surface area contributed by atoms with Crippen LogP contribution in [-0.4, -0.2) is 35.7 Å². The van der Waals surface area contributed by atoms with E-state index in [2.05, 4.69) is 19.6 Å². The van der Waals surface area contributed by atoms with E-state index in [4.69, 9.17) is 12.3 Å². The van der Waals surface area contributed by atoms with Gasteiger partial charge in [0.15, 0.2) is 23.5 Å². The van der Waals surface area contributed by atoms with Gasteiger partial charge in [0.2, 0.25) is 5.69 Å². The zero-order valence-electron chi connectivity index (χ0n) is 17.0. The van der Waals surface area contributed by atoms with Crippen molar-refractivity contribution in [3.63, 3.8) is 0 Å². The van der Waals surface area contributed by atoms with Crippen LogP contribution in [0.2, 0.25) is 0 Å². The molecule has 0 bridgehead atoms. The first kappa shape index (κ1) is 24.0. The van der Waals surface area contributed by atoms with Crippen molar-refractivity contribution in [2.24, 2.45) is 10.7 Å². The number of hydrogen-bond donors (Lipinski definition) is 1. The number of carbonyl (C=O) groups is 1. The van der Waals surface area contributed by atoms with Crippen LogP contribution >= 0.6 is 0 Å². The topological polar surface area (TPSA) is 81.9 Å². The van der Waals surface area contributed by atoms with Crippen molar-refractivity contribution >= 4 is 17.5 Å². The lowest BCUT2D eigenvalue weighted by Crippen LogP contribution is -2.48. The molecule has 12 heteroatoms. The zero-order valence-corrected chi connectivity index (χ0v) is 17.0. The molecule has 0 aliphatic carbocycles. The van der Waals surface area contributed by atoms with Gasteiger partial charge >= 0.3 is 6.18 Å². The second kappa shape index (κ2) is 8.73. The van der Waals surface area contributed by atoms with Gasteiger partial charge in [-0.3, -0.25) is 9.78 Å². The summed E-state index contributed by atoms with van der Waals surface area (Å²) in [7, 11) is 0. The van der Waals surface area contributed by atoms with Gasteiger partial charge in [-0.2, -0.15) is 13.2 Å². The van der Waals surface area contributed by atoms with Crippen LogP contribution in [0.4, 0.5) is 32.0 Å². The van der Waals surface area contributed by atoms with Crippen LogP contribution in [0.5, 0.6) is 0 Å². The highest BCUT2D eigenvalue weighted by molar-refractivity contribution is 5.97. The molecular formula is C21H16F6N4O2. The fraction of sp³-hybridized carbons (Fsp3) is 0.333. The van der Waals surface area contributed by atoms with E-state index in [9.17, 15) is 31.1 Å². The Morgan fingerprint density at radius 2 is 2.03 bits per heavy atom. The number of pyridine rings is 1. The Morgan fingerprint density at radius 3 is 2.61 bits per heavy atom. The van der Waals surface area contributed by atoms with Crippen LogP contribution in [0.25, 0.3) is 4.85 Å². The Balaban J connectivity index is 2.03. The molecule has 2 heterocycles. The smallest absolute Gasteiger partial charge is 0.425 e. The lowest BCUT2D eigenvalue weighted by molar-refractivity contribution is -0.209. The molecule has 2 atom stereocenters. The van der Waals surface area contributed by atoms with E-state index >= 15 is 0 Å². The van der Waals surface area contributed by atoms with Crippen molar-refractivity contribution in [2.75, 3.05) is 6.67 Å². The molecule has 33 heavy (non-hydrogen) atoms. The second-order valence-electron chi connectivity index (χ2n) is 7.48. The number of ether oxygens (including phenoxy) is 1. The highest BCUT2D eigenvalue weighted by Gasteiger charge is 2.52. The fourth-order valence-corrected chi connectivity index (χ4v) is 3.55. The monoisotopic (exact) mass is 470 g/mol. The number of ketones is 1. The van der Waals surface area contributed by atoms with Crippen molar-refractivity contribution in [1.29, 1.82) is 0 Å². The third-order valence-electron chi connectivity index (χ3n) is 5.11. The maximum atomic E-state index is 14.7. The van der Waals surface area contributed by atoms with Crippen molar-refractivity contribution in [3.05, 3.63) is 69.8 Å². The normalized spacial score (nSPS) is 20.5. The predicted molar refractivity (Wildman–Crippen MR) is 104 cm³/mol. The van der Waals surface area contributed by atoms with Gasteiger partial charge in [0.25, 0.3) is 6.02 Å². The molecule has 0 spiro atoms. The highest BCUT2D eigenvalue weighted by Crippen LogP contribution is 2.42. The standard InChI is InChI=1S/C21H16F6N4O2/c1-10-3-12(29-2)8-30-18(10)15(32)6-11-4-13(17(24)14(23)5-11)20(9-22)7-16(21(25,26)27)33-19(28)31-20/h3-5,8,16H,6-7,9H2,1H3,(H2,28,31)/t16-,20+/m0/s1. The van der Waals surface area contributed by atoms with E-state index in [1.54, 1.807) is 0 Å². The molecule has 0 fully saturated rings. The van der Waals surface area contributed by atoms with Crippen molar-refractivity contribution < 1.29 is 35.9 Å². The molecule has 0 radical (unpaired) electrons. The number of rotatable bonds is 5. The van der Waals surface area contributed by atoms with Crippen LogP contribution in [0, 0.1) is 25.1 Å². The summed E-state index contributed by atoms with van der Waals surface area (Å²) in [6.45, 7) is 6.86. The number of amidine groups is 1. The summed E-state index contributed by atoms with van der Waals surface area (Å²) < 4.78 is 87.2. The number of Topliss-reactive ketones (excluding diaryl/α,β-unsaturated/α-hetero) is 1. The number of halogens is 6. The maximum Gasteiger partial charge on any atom is 0.425 e. The molecule has 0 unspecified atom stereocenters. The summed E-state index contributed by atoms with van der Waals surface area (Å²) in [6.07, 6.45) is -8.09. The SMILES string of the molecule is [C-]#[N+]c1cnc(C(=O)Cc2cc(F)c(F)c([C@]3(CF)C[C@@H](C(F)(F)F)OC(N)=N3)c2)c(C)c1. The van der Waals surface area contributed by atoms with Crippen LogP contribution in [0.15, 0.2) is 29.4 Å². The number of carbonyl (C=O) groups excluding carboxylic acids is 1. The molecule has 0 saturated heterocycles. The molecule has 0 amide bonds. The number of aryl methyl sites for hydroxylation is 1. The second-order valence-corrected chi connectivity index (χ2v) is 7.48. The van der Waals surface area contributed by atoms with Crippen molar-refractivity contribution in [1.82, 2.24) is 4.98 Å². The molecule has 1 aliphatic rings. The summed E-state index contributed by atoms with van der Waals surface area (Å²) in [5, 5.41) is 0. The Labute approximate surface area is 183 Å². The Kier molecular flexibility index (Phi) is 6.35. The fourth-order valence-electron chi connectivity index (χ4n) is 3.55. The van der Waals surface area contributed by atoms with E-state index in [0.29, 0.717) is 11.6 Å². The van der Waals surface area contributed by atoms with Gasteiger partial charge in [-0.15, -0.1) is 0 Å². The van der Waals surface area contributed by atoms with Gasteiger partial charge in [-0.05, 0) is 36.2 Å². The van der Waals surface area contributed by atoms with Crippen molar-refractivity contribution in [2.45, 2.75) is 37.6 Å². The summed E-state index contributed by atoms with van der Waals surface area (Å²) in [6, 6.07) is 1.95. The van der Waals surface area contributed by atoms with Crippen LogP contribution in [0.1, 0.15) is 33.6 Å². The molecule has 0 saturated carbocycles. The largest absolute Gasteiger partial charge is 0.452 e. The minimum absolute atomic E-state index is 0.0284.